The van der Waals surface area contributed by atoms with Crippen LogP contribution in [0.4, 0.5) is 5.69 Å². The lowest BCUT2D eigenvalue weighted by atomic mass is 9.92. The molecule has 1 amide bonds. The number of pyridine rings is 1. The molecule has 0 spiro atoms. The van der Waals surface area contributed by atoms with E-state index in [9.17, 15) is 15.2 Å². The van der Waals surface area contributed by atoms with Gasteiger partial charge in [0, 0.05) is 23.3 Å². The third kappa shape index (κ3) is 5.42. The summed E-state index contributed by atoms with van der Waals surface area (Å²) in [5.74, 6) is 1.05. The highest BCUT2D eigenvalue weighted by Crippen LogP contribution is 2.42. The molecule has 1 saturated heterocycles. The van der Waals surface area contributed by atoms with Gasteiger partial charge in [-0.05, 0) is 55.5 Å². The van der Waals surface area contributed by atoms with Crippen LogP contribution in [0.25, 0.3) is 22.2 Å². The van der Waals surface area contributed by atoms with E-state index in [0.29, 0.717) is 40.2 Å². The van der Waals surface area contributed by atoms with E-state index in [1.807, 2.05) is 16.8 Å². The molecule has 2 N–H and O–H groups in total. The van der Waals surface area contributed by atoms with Gasteiger partial charge in [-0.25, -0.2) is 19.6 Å². The van der Waals surface area contributed by atoms with Gasteiger partial charge in [-0.1, -0.05) is 38.4 Å². The monoisotopic (exact) mass is 600 g/mol. The summed E-state index contributed by atoms with van der Waals surface area (Å²) in [6, 6.07) is 8.10. The van der Waals surface area contributed by atoms with Crippen molar-refractivity contribution >= 4 is 34.2 Å². The van der Waals surface area contributed by atoms with Gasteiger partial charge in [-0.3, -0.25) is 9.69 Å². The molecular formula is C31H33ClN8O3. The summed E-state index contributed by atoms with van der Waals surface area (Å²) in [5, 5.41) is 29.9. The summed E-state index contributed by atoms with van der Waals surface area (Å²) in [7, 11) is 0. The topological polar surface area (TPSA) is 142 Å². The Kier molecular flexibility index (Phi) is 8.01. The molecule has 43 heavy (non-hydrogen) atoms. The molecule has 6 rings (SSSR count). The van der Waals surface area contributed by atoms with E-state index in [1.165, 1.54) is 17.3 Å². The first-order valence-electron chi connectivity index (χ1n) is 14.5. The molecule has 0 aliphatic carbocycles. The Morgan fingerprint density at radius 2 is 2.05 bits per heavy atom. The first-order chi connectivity index (χ1) is 20.8. The molecule has 2 aliphatic heterocycles. The number of carbonyl (C=O) groups is 1. The summed E-state index contributed by atoms with van der Waals surface area (Å²) in [4.78, 5) is 28.3. The van der Waals surface area contributed by atoms with E-state index in [1.54, 1.807) is 12.3 Å². The van der Waals surface area contributed by atoms with Crippen LogP contribution < -0.4 is 15.0 Å². The molecule has 1 aromatic carbocycles. The quantitative estimate of drug-likeness (QED) is 0.321. The summed E-state index contributed by atoms with van der Waals surface area (Å²) in [5.41, 5.74) is 3.96. The largest absolute Gasteiger partial charge is 0.476 e. The minimum Gasteiger partial charge on any atom is -0.476 e. The molecule has 0 saturated carbocycles. The molecule has 12 heteroatoms. The average molecular weight is 601 g/mol. The van der Waals surface area contributed by atoms with Crippen molar-refractivity contribution in [2.45, 2.75) is 52.3 Å². The highest BCUT2D eigenvalue weighted by molar-refractivity contribution is 6.30. The van der Waals surface area contributed by atoms with Crippen molar-refractivity contribution in [3.05, 3.63) is 58.9 Å². The number of hydrogen-bond acceptors (Lipinski definition) is 9. The SMILES string of the molecule is CC(C)Cc1nc2c(cnn2C2CCNCC2C)c(-c2ccc3c(c2)OC(CO)C(=O)N3Cc2ncc(Cl)cn2)c1C#N. The minimum atomic E-state index is -1.09. The number of nitrogens with zero attached hydrogens (tertiary/aromatic N) is 7. The maximum Gasteiger partial charge on any atom is 0.271 e. The fourth-order valence-electron chi connectivity index (χ4n) is 5.99. The predicted octanol–water partition coefficient (Wildman–Crippen LogP) is 4.07. The second-order valence-electron chi connectivity index (χ2n) is 11.6. The molecule has 11 nitrogen and oxygen atoms in total. The molecule has 0 radical (unpaired) electrons. The van der Waals surface area contributed by atoms with Crippen LogP contribution in [-0.2, 0) is 17.8 Å². The summed E-state index contributed by atoms with van der Waals surface area (Å²) in [6.45, 7) is 7.81. The maximum absolute atomic E-state index is 13.2. The number of nitriles is 1. The number of hydrogen-bond donors (Lipinski definition) is 2. The summed E-state index contributed by atoms with van der Waals surface area (Å²) in [6.07, 6.45) is 5.22. The second kappa shape index (κ2) is 11.9. The number of benzene rings is 1. The lowest BCUT2D eigenvalue weighted by Crippen LogP contribution is -2.47. The minimum absolute atomic E-state index is 0.0743. The first kappa shape index (κ1) is 29.0. The van der Waals surface area contributed by atoms with Gasteiger partial charge in [0.2, 0.25) is 6.10 Å². The maximum atomic E-state index is 13.2. The number of fused-ring (bicyclic) bond motifs is 2. The van der Waals surface area contributed by atoms with Crippen LogP contribution >= 0.6 is 11.6 Å². The van der Waals surface area contributed by atoms with Crippen LogP contribution in [0.1, 0.15) is 50.3 Å². The van der Waals surface area contributed by atoms with Gasteiger partial charge in [-0.15, -0.1) is 0 Å². The number of aliphatic hydroxyl groups excluding tert-OH is 1. The number of rotatable bonds is 7. The molecule has 1 fully saturated rings. The molecule has 222 valence electrons. The highest BCUT2D eigenvalue weighted by Gasteiger charge is 2.35. The lowest BCUT2D eigenvalue weighted by molar-refractivity contribution is -0.128. The zero-order chi connectivity index (χ0) is 30.2. The Morgan fingerprint density at radius 3 is 2.74 bits per heavy atom. The Bertz CT molecular complexity index is 1720. The van der Waals surface area contributed by atoms with E-state index in [0.717, 1.165) is 47.4 Å². The van der Waals surface area contributed by atoms with Crippen molar-refractivity contribution < 1.29 is 14.6 Å². The molecule has 0 bridgehead atoms. The Hall–Kier alpha value is -4.11. The first-order valence-corrected chi connectivity index (χ1v) is 14.9. The van der Waals surface area contributed by atoms with Crippen molar-refractivity contribution in [3.63, 3.8) is 0 Å². The smallest absolute Gasteiger partial charge is 0.271 e. The highest BCUT2D eigenvalue weighted by atomic mass is 35.5. The standard InChI is InChI=1S/C31H33ClN8O3/c1-17(2)8-23-21(10-33)29(22-14-37-40(30(22)38-23)24-6-7-34-11-18(24)3)19-4-5-25-26(9-19)43-27(16-41)31(42)39(25)15-28-35-12-20(32)13-36-28/h4-5,9,12-14,17-18,24,27,34,41H,6-8,11,15-16H2,1-3H3. The van der Waals surface area contributed by atoms with Gasteiger partial charge < -0.3 is 15.2 Å². The molecular weight excluding hydrogens is 568 g/mol. The van der Waals surface area contributed by atoms with Crippen molar-refractivity contribution in [1.82, 2.24) is 30.0 Å². The fraction of sp³-hybridized carbons (Fsp3) is 0.419. The third-order valence-electron chi connectivity index (χ3n) is 8.07. The van der Waals surface area contributed by atoms with Gasteiger partial charge in [0.25, 0.3) is 5.91 Å². The predicted molar refractivity (Wildman–Crippen MR) is 162 cm³/mol. The number of carbonyl (C=O) groups excluding carboxylic acids is 1. The normalized spacial score (nSPS) is 20.3. The number of nitrogens with one attached hydrogen (secondary N) is 1. The van der Waals surface area contributed by atoms with Crippen LogP contribution in [0.2, 0.25) is 5.02 Å². The number of piperidine rings is 1. The van der Waals surface area contributed by atoms with E-state index in [2.05, 4.69) is 42.1 Å². The summed E-state index contributed by atoms with van der Waals surface area (Å²) >= 11 is 5.95. The zero-order valence-corrected chi connectivity index (χ0v) is 25.0. The Labute approximate surface area is 254 Å². The molecule has 3 unspecified atom stereocenters. The van der Waals surface area contributed by atoms with Crippen LogP contribution in [0.3, 0.4) is 0 Å². The van der Waals surface area contributed by atoms with Crippen LogP contribution in [-0.4, -0.2) is 61.5 Å². The van der Waals surface area contributed by atoms with Crippen molar-refractivity contribution in [3.8, 4) is 22.9 Å². The van der Waals surface area contributed by atoms with Crippen LogP contribution in [0, 0.1) is 23.2 Å². The number of halogens is 1. The molecule has 3 aromatic heterocycles. The number of amides is 1. The fourth-order valence-corrected chi connectivity index (χ4v) is 6.09. The van der Waals surface area contributed by atoms with Crippen LogP contribution in [0.5, 0.6) is 5.75 Å². The van der Waals surface area contributed by atoms with E-state index < -0.39 is 18.6 Å². The van der Waals surface area contributed by atoms with Gasteiger partial charge >= 0.3 is 0 Å². The van der Waals surface area contributed by atoms with Crippen molar-refractivity contribution in [2.75, 3.05) is 24.6 Å². The van der Waals surface area contributed by atoms with Gasteiger partial charge in [0.15, 0.2) is 5.65 Å². The van der Waals surface area contributed by atoms with Gasteiger partial charge in [0.1, 0.15) is 17.6 Å². The van der Waals surface area contributed by atoms with Gasteiger partial charge in [0.05, 0.1) is 47.4 Å². The Balaban J connectivity index is 1.50. The average Bonchev–Trinajstić information content (AvgIpc) is 3.41. The number of anilines is 1. The molecule has 2 aliphatic rings. The number of ether oxygens (including phenoxy) is 1. The van der Waals surface area contributed by atoms with Crippen molar-refractivity contribution in [1.29, 1.82) is 5.26 Å². The molecule has 4 aromatic rings. The van der Waals surface area contributed by atoms with Crippen molar-refractivity contribution in [2.24, 2.45) is 11.8 Å². The number of aliphatic hydroxyl groups is 1. The van der Waals surface area contributed by atoms with E-state index in [-0.39, 0.29) is 18.5 Å². The molecule has 5 heterocycles. The Morgan fingerprint density at radius 1 is 1.26 bits per heavy atom. The van der Waals surface area contributed by atoms with E-state index in [4.69, 9.17) is 26.4 Å². The number of aromatic nitrogens is 5. The summed E-state index contributed by atoms with van der Waals surface area (Å²) < 4.78 is 8.03. The van der Waals surface area contributed by atoms with E-state index >= 15 is 0 Å². The molecule has 3 atom stereocenters. The van der Waals surface area contributed by atoms with Gasteiger partial charge in [-0.2, -0.15) is 10.4 Å². The third-order valence-corrected chi connectivity index (χ3v) is 8.27. The lowest BCUT2D eigenvalue weighted by Gasteiger charge is -2.33. The van der Waals surface area contributed by atoms with Crippen LogP contribution in [0.15, 0.2) is 36.8 Å². The second-order valence-corrected chi connectivity index (χ2v) is 12.0. The zero-order valence-electron chi connectivity index (χ0n) is 24.3.